The van der Waals surface area contributed by atoms with E-state index >= 15 is 0 Å². The summed E-state index contributed by atoms with van der Waals surface area (Å²) in [6.07, 6.45) is 1.59. The van der Waals surface area contributed by atoms with E-state index < -0.39 is 0 Å². The second kappa shape index (κ2) is 6.60. The van der Waals surface area contributed by atoms with E-state index in [0.29, 0.717) is 28.4 Å². The molecule has 0 aliphatic heterocycles. The molecular formula is C20H18N4O3. The molecule has 7 nitrogen and oxygen atoms in total. The molecule has 4 rings (SSSR count). The van der Waals surface area contributed by atoms with Crippen LogP contribution in [0.4, 0.5) is 0 Å². The molecule has 2 aromatic heterocycles. The summed E-state index contributed by atoms with van der Waals surface area (Å²) in [5, 5.41) is 5.25. The highest BCUT2D eigenvalue weighted by atomic mass is 16.5. The van der Waals surface area contributed by atoms with E-state index in [1.165, 1.54) is 4.68 Å². The lowest BCUT2D eigenvalue weighted by molar-refractivity contribution is 0.355. The van der Waals surface area contributed by atoms with Crippen LogP contribution in [0.1, 0.15) is 11.4 Å². The van der Waals surface area contributed by atoms with Crippen molar-refractivity contribution in [2.45, 2.75) is 6.92 Å². The molecule has 0 saturated heterocycles. The lowest BCUT2D eigenvalue weighted by atomic mass is 10.2. The van der Waals surface area contributed by atoms with Crippen molar-refractivity contribution in [3.05, 3.63) is 64.2 Å². The summed E-state index contributed by atoms with van der Waals surface area (Å²) in [6, 6.07) is 13.1. The van der Waals surface area contributed by atoms with Crippen LogP contribution in [0.2, 0.25) is 0 Å². The number of ether oxygens (including phenoxy) is 2. The second-order valence-electron chi connectivity index (χ2n) is 6.03. The molecule has 0 fully saturated rings. The van der Waals surface area contributed by atoms with E-state index in [-0.39, 0.29) is 5.56 Å². The molecule has 7 heteroatoms. The highest BCUT2D eigenvalue weighted by Gasteiger charge is 2.12. The smallest absolute Gasteiger partial charge is 0.298 e. The molecule has 0 aliphatic rings. The molecule has 0 bridgehead atoms. The minimum atomic E-state index is -0.245. The molecule has 0 unspecified atom stereocenters. The number of para-hydroxylation sites is 1. The van der Waals surface area contributed by atoms with E-state index in [2.05, 4.69) is 15.1 Å². The third-order valence-electron chi connectivity index (χ3n) is 4.39. The van der Waals surface area contributed by atoms with Gasteiger partial charge in [-0.3, -0.25) is 4.79 Å². The summed E-state index contributed by atoms with van der Waals surface area (Å²) in [5.41, 5.74) is 2.50. The summed E-state index contributed by atoms with van der Waals surface area (Å²) in [5.74, 6) is 1.73. The summed E-state index contributed by atoms with van der Waals surface area (Å²) in [6.45, 7) is 1.76. The van der Waals surface area contributed by atoms with Crippen molar-refractivity contribution >= 4 is 28.2 Å². The number of rotatable bonds is 4. The number of aromatic nitrogens is 3. The molecule has 0 saturated carbocycles. The molecule has 4 aromatic rings. The zero-order valence-corrected chi connectivity index (χ0v) is 15.2. The Morgan fingerprint density at radius 3 is 2.67 bits per heavy atom. The molecule has 1 N–H and O–H groups in total. The highest BCUT2D eigenvalue weighted by molar-refractivity contribution is 6.04. The first kappa shape index (κ1) is 16.8. The largest absolute Gasteiger partial charge is 0.493 e. The highest BCUT2D eigenvalue weighted by Crippen LogP contribution is 2.27. The van der Waals surface area contributed by atoms with E-state index in [9.17, 15) is 4.79 Å². The van der Waals surface area contributed by atoms with Gasteiger partial charge in [0.05, 0.1) is 20.4 Å². The quantitative estimate of drug-likeness (QED) is 0.566. The van der Waals surface area contributed by atoms with Gasteiger partial charge in [0.25, 0.3) is 5.56 Å². The lowest BCUT2D eigenvalue weighted by Gasteiger charge is -2.07. The van der Waals surface area contributed by atoms with Gasteiger partial charge < -0.3 is 14.5 Å². The van der Waals surface area contributed by atoms with Gasteiger partial charge in [-0.2, -0.15) is 9.78 Å². The Labute approximate surface area is 154 Å². The van der Waals surface area contributed by atoms with Crippen molar-refractivity contribution in [3.8, 4) is 11.5 Å². The fourth-order valence-electron chi connectivity index (χ4n) is 3.05. The average Bonchev–Trinajstić information content (AvgIpc) is 3.06. The molecule has 0 amide bonds. The number of H-pyrrole nitrogens is 1. The number of nitrogens with zero attached hydrogens (tertiary/aromatic N) is 3. The minimum absolute atomic E-state index is 0.245. The fourth-order valence-corrected chi connectivity index (χ4v) is 3.05. The third-order valence-corrected chi connectivity index (χ3v) is 4.39. The molecule has 27 heavy (non-hydrogen) atoms. The Morgan fingerprint density at radius 2 is 1.89 bits per heavy atom. The number of aryl methyl sites for hydroxylation is 1. The Kier molecular flexibility index (Phi) is 4.12. The van der Waals surface area contributed by atoms with Crippen molar-refractivity contribution in [1.29, 1.82) is 0 Å². The van der Waals surface area contributed by atoms with Crippen LogP contribution in [0.25, 0.3) is 21.9 Å². The van der Waals surface area contributed by atoms with Gasteiger partial charge >= 0.3 is 0 Å². The topological polar surface area (TPSA) is 81.5 Å². The number of hydrogen-bond donors (Lipinski definition) is 1. The summed E-state index contributed by atoms with van der Waals surface area (Å²) in [4.78, 5) is 20.6. The van der Waals surface area contributed by atoms with Gasteiger partial charge in [-0.05, 0) is 36.8 Å². The number of fused-ring (bicyclic) bond motifs is 3. The van der Waals surface area contributed by atoms with Crippen LogP contribution in [0.5, 0.6) is 11.5 Å². The van der Waals surface area contributed by atoms with Crippen LogP contribution in [0.3, 0.4) is 0 Å². The number of hydrogen-bond acceptors (Lipinski definition) is 5. The Morgan fingerprint density at radius 1 is 1.11 bits per heavy atom. The Bertz CT molecular complexity index is 1240. The van der Waals surface area contributed by atoms with Crippen LogP contribution in [-0.2, 0) is 0 Å². The second-order valence-corrected chi connectivity index (χ2v) is 6.03. The molecule has 0 aliphatic carbocycles. The molecule has 0 atom stereocenters. The van der Waals surface area contributed by atoms with E-state index in [0.717, 1.165) is 16.5 Å². The van der Waals surface area contributed by atoms with E-state index in [1.807, 2.05) is 30.3 Å². The maximum atomic E-state index is 12.9. The number of methoxy groups -OCH3 is 2. The van der Waals surface area contributed by atoms with Crippen LogP contribution in [-0.4, -0.2) is 35.1 Å². The lowest BCUT2D eigenvalue weighted by Crippen LogP contribution is -2.20. The van der Waals surface area contributed by atoms with Crippen molar-refractivity contribution in [2.75, 3.05) is 14.2 Å². The Hall–Kier alpha value is -3.61. The van der Waals surface area contributed by atoms with Crippen LogP contribution >= 0.6 is 0 Å². The monoisotopic (exact) mass is 362 g/mol. The SMILES string of the molecule is COc1ccc(C=Nn2c(C)nc3c([nH]c4ccccc43)c2=O)cc1OC. The molecule has 2 heterocycles. The summed E-state index contributed by atoms with van der Waals surface area (Å²) < 4.78 is 11.8. The maximum absolute atomic E-state index is 12.9. The standard InChI is InChI=1S/C20H18N4O3/c1-12-22-18-14-6-4-5-7-15(14)23-19(18)20(25)24(12)21-11-13-8-9-16(26-2)17(10-13)27-3/h4-11,23H,1-3H3. The van der Waals surface area contributed by atoms with Gasteiger partial charge in [-0.15, -0.1) is 0 Å². The molecule has 2 aromatic carbocycles. The average molecular weight is 362 g/mol. The van der Waals surface area contributed by atoms with Crippen molar-refractivity contribution < 1.29 is 9.47 Å². The zero-order valence-electron chi connectivity index (χ0n) is 15.2. The van der Waals surface area contributed by atoms with Crippen molar-refractivity contribution in [3.63, 3.8) is 0 Å². The van der Waals surface area contributed by atoms with E-state index in [4.69, 9.17) is 9.47 Å². The minimum Gasteiger partial charge on any atom is -0.493 e. The fraction of sp³-hybridized carbons (Fsp3) is 0.150. The first-order valence-electron chi connectivity index (χ1n) is 8.39. The van der Waals surface area contributed by atoms with Crippen molar-refractivity contribution in [2.24, 2.45) is 5.10 Å². The Balaban J connectivity index is 1.81. The van der Waals surface area contributed by atoms with Crippen LogP contribution < -0.4 is 15.0 Å². The van der Waals surface area contributed by atoms with Crippen LogP contribution in [0, 0.1) is 6.92 Å². The summed E-state index contributed by atoms with van der Waals surface area (Å²) in [7, 11) is 3.15. The van der Waals surface area contributed by atoms with E-state index in [1.54, 1.807) is 39.5 Å². The van der Waals surface area contributed by atoms with Crippen LogP contribution in [0.15, 0.2) is 52.4 Å². The summed E-state index contributed by atoms with van der Waals surface area (Å²) >= 11 is 0. The predicted molar refractivity (Wildman–Crippen MR) is 105 cm³/mol. The molecule has 0 spiro atoms. The predicted octanol–water partition coefficient (Wildman–Crippen LogP) is 3.09. The molecule has 136 valence electrons. The van der Waals surface area contributed by atoms with Gasteiger partial charge in [-0.1, -0.05) is 18.2 Å². The number of nitrogens with one attached hydrogen (secondary N) is 1. The number of aromatic amines is 1. The molecular weight excluding hydrogens is 344 g/mol. The van der Waals surface area contributed by atoms with Gasteiger partial charge in [0.1, 0.15) is 16.9 Å². The molecule has 0 radical (unpaired) electrons. The third kappa shape index (κ3) is 2.83. The normalized spacial score (nSPS) is 11.5. The van der Waals surface area contributed by atoms with Crippen molar-refractivity contribution in [1.82, 2.24) is 14.6 Å². The zero-order chi connectivity index (χ0) is 19.0. The van der Waals surface area contributed by atoms with Gasteiger partial charge in [-0.25, -0.2) is 4.98 Å². The first-order chi connectivity index (χ1) is 13.1. The maximum Gasteiger partial charge on any atom is 0.298 e. The van der Waals surface area contributed by atoms with Gasteiger partial charge in [0, 0.05) is 10.9 Å². The van der Waals surface area contributed by atoms with Gasteiger partial charge in [0.15, 0.2) is 11.5 Å². The number of benzene rings is 2. The first-order valence-corrected chi connectivity index (χ1v) is 8.39. The van der Waals surface area contributed by atoms with Gasteiger partial charge in [0.2, 0.25) is 0 Å².